The molecule has 1 aromatic rings. The van der Waals surface area contributed by atoms with Crippen molar-refractivity contribution < 1.29 is 24.2 Å². The number of rotatable bonds is 9. The van der Waals surface area contributed by atoms with E-state index in [-0.39, 0.29) is 18.4 Å². The van der Waals surface area contributed by atoms with E-state index in [1.54, 1.807) is 28.9 Å². The molecule has 0 fully saturated rings. The lowest BCUT2D eigenvalue weighted by molar-refractivity contribution is -0.141. The number of benzene rings is 1. The third-order valence-corrected chi connectivity index (χ3v) is 4.73. The van der Waals surface area contributed by atoms with Gasteiger partial charge in [0.1, 0.15) is 0 Å². The number of carbonyl (C=O) groups excluding carboxylic acids is 2. The Hall–Kier alpha value is -2.41. The summed E-state index contributed by atoms with van der Waals surface area (Å²) < 4.78 is 5.32. The second-order valence-corrected chi connectivity index (χ2v) is 6.81. The van der Waals surface area contributed by atoms with E-state index in [1.165, 1.54) is 6.92 Å². The summed E-state index contributed by atoms with van der Waals surface area (Å²) in [4.78, 5) is 39.2. The second-order valence-electron chi connectivity index (χ2n) is 6.81. The van der Waals surface area contributed by atoms with Crippen LogP contribution in [0.15, 0.2) is 18.2 Å². The lowest BCUT2D eigenvalue weighted by atomic mass is 10.1. The van der Waals surface area contributed by atoms with Crippen molar-refractivity contribution in [2.24, 2.45) is 5.92 Å². The third kappa shape index (κ3) is 5.29. The first-order chi connectivity index (χ1) is 12.8. The molecule has 27 heavy (non-hydrogen) atoms. The van der Waals surface area contributed by atoms with Gasteiger partial charge in [-0.15, -0.1) is 0 Å². The maximum atomic E-state index is 13.0. The van der Waals surface area contributed by atoms with Gasteiger partial charge in [0, 0.05) is 51.0 Å². The average Bonchev–Trinajstić information content (AvgIpc) is 3.06. The van der Waals surface area contributed by atoms with Crippen molar-refractivity contribution >= 4 is 23.5 Å². The predicted molar refractivity (Wildman–Crippen MR) is 102 cm³/mol. The van der Waals surface area contributed by atoms with Crippen LogP contribution in [-0.2, 0) is 20.7 Å². The number of nitrogens with zero attached hydrogens (tertiary/aromatic N) is 2. The summed E-state index contributed by atoms with van der Waals surface area (Å²) in [5.41, 5.74) is 2.34. The molecule has 0 bridgehead atoms. The molecule has 0 spiro atoms. The number of ether oxygens (including phenoxy) is 1. The summed E-state index contributed by atoms with van der Waals surface area (Å²) >= 11 is 0. The van der Waals surface area contributed by atoms with Crippen molar-refractivity contribution in [2.45, 2.75) is 33.6 Å². The van der Waals surface area contributed by atoms with Crippen molar-refractivity contribution in [3.8, 4) is 0 Å². The highest BCUT2D eigenvalue weighted by Gasteiger charge is 2.26. The Morgan fingerprint density at radius 2 is 2.07 bits per heavy atom. The molecule has 0 radical (unpaired) electrons. The van der Waals surface area contributed by atoms with Gasteiger partial charge in [0.05, 0.1) is 5.92 Å². The van der Waals surface area contributed by atoms with Crippen LogP contribution in [0.5, 0.6) is 0 Å². The highest BCUT2D eigenvalue weighted by atomic mass is 16.5. The molecule has 7 heteroatoms. The molecule has 2 amide bonds. The molecule has 148 valence electrons. The molecule has 0 saturated heterocycles. The summed E-state index contributed by atoms with van der Waals surface area (Å²) in [6, 6.07) is 5.33. The molecule has 0 saturated carbocycles. The highest BCUT2D eigenvalue weighted by Crippen LogP contribution is 2.29. The molecule has 1 aliphatic heterocycles. The fraction of sp³-hybridized carbons (Fsp3) is 0.550. The number of carbonyl (C=O) groups is 3. The number of anilines is 1. The van der Waals surface area contributed by atoms with E-state index < -0.39 is 11.9 Å². The fourth-order valence-corrected chi connectivity index (χ4v) is 3.23. The van der Waals surface area contributed by atoms with Crippen LogP contribution < -0.4 is 4.90 Å². The van der Waals surface area contributed by atoms with Crippen LogP contribution in [0, 0.1) is 5.92 Å². The molecule has 1 unspecified atom stereocenters. The minimum absolute atomic E-state index is 0.0133. The van der Waals surface area contributed by atoms with E-state index in [2.05, 4.69) is 0 Å². The number of hydrogen-bond acceptors (Lipinski definition) is 4. The molecule has 2 rings (SSSR count). The van der Waals surface area contributed by atoms with Gasteiger partial charge in [-0.05, 0) is 43.5 Å². The van der Waals surface area contributed by atoms with Gasteiger partial charge in [0.25, 0.3) is 5.91 Å². The molecular formula is C20H28N2O5. The van der Waals surface area contributed by atoms with E-state index >= 15 is 0 Å². The van der Waals surface area contributed by atoms with Crippen LogP contribution in [0.2, 0.25) is 0 Å². The van der Waals surface area contributed by atoms with E-state index in [0.29, 0.717) is 44.7 Å². The maximum Gasteiger partial charge on any atom is 0.308 e. The van der Waals surface area contributed by atoms with Crippen molar-refractivity contribution in [1.82, 2.24) is 4.90 Å². The van der Waals surface area contributed by atoms with Crippen LogP contribution in [0.25, 0.3) is 0 Å². The summed E-state index contributed by atoms with van der Waals surface area (Å²) in [7, 11) is 0. The normalized spacial score (nSPS) is 14.0. The van der Waals surface area contributed by atoms with Gasteiger partial charge in [-0.2, -0.15) is 0 Å². The minimum atomic E-state index is -0.927. The number of carboxylic acids is 1. The first-order valence-electron chi connectivity index (χ1n) is 9.36. The van der Waals surface area contributed by atoms with Crippen LogP contribution in [0.3, 0.4) is 0 Å². The number of carboxylic acid groups (broad SMARTS) is 1. The first-order valence-corrected chi connectivity index (χ1v) is 9.36. The summed E-state index contributed by atoms with van der Waals surface area (Å²) in [6.45, 7) is 7.38. The van der Waals surface area contributed by atoms with Gasteiger partial charge in [-0.1, -0.05) is 6.92 Å². The highest BCUT2D eigenvalue weighted by molar-refractivity contribution is 5.98. The minimum Gasteiger partial charge on any atom is -0.481 e. The summed E-state index contributed by atoms with van der Waals surface area (Å²) in [6.07, 6.45) is 1.36. The second kappa shape index (κ2) is 9.50. The van der Waals surface area contributed by atoms with Crippen molar-refractivity contribution in [3.63, 3.8) is 0 Å². The average molecular weight is 376 g/mol. The molecular weight excluding hydrogens is 348 g/mol. The Balaban J connectivity index is 2.16. The van der Waals surface area contributed by atoms with Gasteiger partial charge < -0.3 is 19.6 Å². The Labute approximate surface area is 159 Å². The Bertz CT molecular complexity index is 704. The lowest BCUT2D eigenvalue weighted by Crippen LogP contribution is -2.38. The van der Waals surface area contributed by atoms with E-state index in [1.807, 2.05) is 13.0 Å². The predicted octanol–water partition coefficient (Wildman–Crippen LogP) is 2.19. The fourth-order valence-electron chi connectivity index (χ4n) is 3.23. The standard InChI is InChI=1S/C20H28N2O5/c1-4-27-11-5-9-21(13-14(2)20(25)26)19(24)17-6-7-18-16(12-17)8-10-22(18)15(3)23/h6-7,12,14H,4-5,8-11,13H2,1-3H3,(H,25,26). The van der Waals surface area contributed by atoms with Crippen LogP contribution in [0.4, 0.5) is 5.69 Å². The lowest BCUT2D eigenvalue weighted by Gasteiger charge is -2.25. The number of hydrogen-bond donors (Lipinski definition) is 1. The third-order valence-electron chi connectivity index (χ3n) is 4.73. The van der Waals surface area contributed by atoms with Gasteiger partial charge in [0.2, 0.25) is 5.91 Å². The van der Waals surface area contributed by atoms with Gasteiger partial charge in [0.15, 0.2) is 0 Å². The Kier molecular flexibility index (Phi) is 7.36. The zero-order valence-electron chi connectivity index (χ0n) is 16.2. The van der Waals surface area contributed by atoms with Crippen molar-refractivity contribution in [1.29, 1.82) is 0 Å². The van der Waals surface area contributed by atoms with Gasteiger partial charge in [-0.3, -0.25) is 14.4 Å². The maximum absolute atomic E-state index is 13.0. The molecule has 1 atom stereocenters. The Morgan fingerprint density at radius 3 is 2.70 bits per heavy atom. The monoisotopic (exact) mass is 376 g/mol. The summed E-state index contributed by atoms with van der Waals surface area (Å²) in [5.74, 6) is -1.78. The van der Waals surface area contributed by atoms with Gasteiger partial charge >= 0.3 is 5.97 Å². The van der Waals surface area contributed by atoms with Gasteiger partial charge in [-0.25, -0.2) is 0 Å². The van der Waals surface area contributed by atoms with Crippen LogP contribution >= 0.6 is 0 Å². The van der Waals surface area contributed by atoms with E-state index in [9.17, 15) is 19.5 Å². The largest absolute Gasteiger partial charge is 0.481 e. The zero-order chi connectivity index (χ0) is 20.0. The van der Waals surface area contributed by atoms with Crippen LogP contribution in [-0.4, -0.2) is 60.6 Å². The molecule has 7 nitrogen and oxygen atoms in total. The zero-order valence-corrected chi connectivity index (χ0v) is 16.2. The molecule has 1 N–H and O–H groups in total. The molecule has 1 aromatic carbocycles. The molecule has 1 heterocycles. The van der Waals surface area contributed by atoms with Crippen molar-refractivity contribution in [2.75, 3.05) is 37.7 Å². The van der Waals surface area contributed by atoms with E-state index in [0.717, 1.165) is 11.3 Å². The molecule has 0 aliphatic carbocycles. The number of fused-ring (bicyclic) bond motifs is 1. The number of amides is 2. The molecule has 1 aliphatic rings. The van der Waals surface area contributed by atoms with Crippen molar-refractivity contribution in [3.05, 3.63) is 29.3 Å². The smallest absolute Gasteiger partial charge is 0.308 e. The first kappa shape index (κ1) is 20.9. The SMILES string of the molecule is CCOCCCN(CC(C)C(=O)O)C(=O)c1ccc2c(c1)CCN2C(C)=O. The summed E-state index contributed by atoms with van der Waals surface area (Å²) in [5, 5.41) is 9.20. The quantitative estimate of drug-likeness (QED) is 0.668. The van der Waals surface area contributed by atoms with E-state index in [4.69, 9.17) is 4.74 Å². The number of aliphatic carboxylic acids is 1. The molecule has 0 aromatic heterocycles. The topological polar surface area (TPSA) is 87.2 Å². The Morgan fingerprint density at radius 1 is 1.33 bits per heavy atom. The van der Waals surface area contributed by atoms with Crippen LogP contribution in [0.1, 0.15) is 43.1 Å².